The maximum atomic E-state index is 11.7. The molecule has 1 rings (SSSR count). The second kappa shape index (κ2) is 3.81. The Morgan fingerprint density at radius 1 is 1.29 bits per heavy atom. The molecule has 0 aromatic heterocycles. The van der Waals surface area contributed by atoms with Crippen molar-refractivity contribution in [1.29, 1.82) is 0 Å². The van der Waals surface area contributed by atoms with Gasteiger partial charge in [0.15, 0.2) is 9.84 Å². The lowest BCUT2D eigenvalue weighted by Crippen LogP contribution is -2.45. The van der Waals surface area contributed by atoms with E-state index < -0.39 is 21.2 Å². The molecule has 1 aliphatic rings. The molecule has 1 N–H and O–H groups in total. The lowest BCUT2D eigenvalue weighted by molar-refractivity contribution is 0.0553. The highest BCUT2D eigenvalue weighted by Gasteiger charge is 2.39. The van der Waals surface area contributed by atoms with E-state index >= 15 is 0 Å². The molecule has 1 heterocycles. The topological polar surface area (TPSA) is 54.4 Å². The van der Waals surface area contributed by atoms with E-state index in [1.165, 1.54) is 0 Å². The van der Waals surface area contributed by atoms with Crippen LogP contribution in [-0.2, 0) is 9.84 Å². The average Bonchev–Trinajstić information content (AvgIpc) is 2.00. The number of aliphatic hydroxyl groups excluding tert-OH is 1. The molecular weight excluding hydrogens is 200 g/mol. The van der Waals surface area contributed by atoms with Crippen LogP contribution in [0.4, 0.5) is 0 Å². The van der Waals surface area contributed by atoms with Crippen LogP contribution in [0.2, 0.25) is 0 Å². The van der Waals surface area contributed by atoms with E-state index in [2.05, 4.69) is 0 Å². The molecule has 0 bridgehead atoms. The first-order valence-electron chi connectivity index (χ1n) is 5.15. The van der Waals surface area contributed by atoms with E-state index in [0.29, 0.717) is 6.42 Å². The van der Waals surface area contributed by atoms with E-state index in [1.807, 2.05) is 20.8 Å². The van der Waals surface area contributed by atoms with Crippen molar-refractivity contribution in [3.05, 3.63) is 0 Å². The van der Waals surface area contributed by atoms with Gasteiger partial charge in [-0.2, -0.15) is 0 Å². The third-order valence-electron chi connectivity index (χ3n) is 2.87. The highest BCUT2D eigenvalue weighted by Crippen LogP contribution is 2.31. The summed E-state index contributed by atoms with van der Waals surface area (Å²) in [6.07, 6.45) is 1.53. The second-order valence-electron chi connectivity index (χ2n) is 5.21. The summed E-state index contributed by atoms with van der Waals surface area (Å²) in [6.45, 7) is 5.63. The van der Waals surface area contributed by atoms with E-state index in [1.54, 1.807) is 0 Å². The monoisotopic (exact) mass is 220 g/mol. The summed E-state index contributed by atoms with van der Waals surface area (Å²) in [4.78, 5) is 0. The van der Waals surface area contributed by atoms with Gasteiger partial charge < -0.3 is 5.11 Å². The molecule has 0 amide bonds. The molecule has 0 aromatic rings. The molecule has 1 fully saturated rings. The predicted molar refractivity (Wildman–Crippen MR) is 56.9 cm³/mol. The molecule has 1 saturated heterocycles. The zero-order chi connectivity index (χ0) is 11.0. The van der Waals surface area contributed by atoms with Crippen molar-refractivity contribution in [3.8, 4) is 0 Å². The largest absolute Gasteiger partial charge is 0.391 e. The molecule has 0 aromatic carbocycles. The molecule has 14 heavy (non-hydrogen) atoms. The summed E-state index contributed by atoms with van der Waals surface area (Å²) in [5.74, 6) is 0.241. The SMILES string of the molecule is CC(C)(C)C(O)C1CCCCS1(=O)=O. The molecule has 4 heteroatoms. The van der Waals surface area contributed by atoms with Crippen LogP contribution in [0, 0.1) is 5.41 Å². The Bertz CT molecular complexity index is 287. The fraction of sp³-hybridized carbons (Fsp3) is 1.00. The van der Waals surface area contributed by atoms with Gasteiger partial charge in [0, 0.05) is 0 Å². The molecule has 84 valence electrons. The van der Waals surface area contributed by atoms with Gasteiger partial charge in [0.1, 0.15) is 0 Å². The number of sulfone groups is 1. The van der Waals surface area contributed by atoms with Crippen LogP contribution in [0.5, 0.6) is 0 Å². The van der Waals surface area contributed by atoms with Crippen molar-refractivity contribution in [2.24, 2.45) is 5.41 Å². The number of hydrogen-bond donors (Lipinski definition) is 1. The standard InChI is InChI=1S/C10H20O3S/c1-10(2,3)9(11)8-6-4-5-7-14(8,12)13/h8-9,11H,4-7H2,1-3H3. The van der Waals surface area contributed by atoms with Crippen LogP contribution in [0.25, 0.3) is 0 Å². The summed E-state index contributed by atoms with van der Waals surface area (Å²) in [7, 11) is -3.06. The van der Waals surface area contributed by atoms with E-state index in [0.717, 1.165) is 12.8 Å². The highest BCUT2D eigenvalue weighted by molar-refractivity contribution is 7.92. The Morgan fingerprint density at radius 2 is 1.86 bits per heavy atom. The first kappa shape index (κ1) is 12.0. The third kappa shape index (κ3) is 2.48. The second-order valence-corrected chi connectivity index (χ2v) is 7.55. The van der Waals surface area contributed by atoms with Crippen LogP contribution in [0.3, 0.4) is 0 Å². The average molecular weight is 220 g/mol. The minimum Gasteiger partial charge on any atom is -0.391 e. The molecule has 1 aliphatic heterocycles. The normalized spacial score (nSPS) is 29.9. The van der Waals surface area contributed by atoms with Crippen LogP contribution in [0.15, 0.2) is 0 Å². The van der Waals surface area contributed by atoms with Crippen molar-refractivity contribution in [3.63, 3.8) is 0 Å². The van der Waals surface area contributed by atoms with Crippen LogP contribution < -0.4 is 0 Å². The molecule has 0 spiro atoms. The quantitative estimate of drug-likeness (QED) is 0.726. The van der Waals surface area contributed by atoms with Gasteiger partial charge in [0.25, 0.3) is 0 Å². The van der Waals surface area contributed by atoms with Gasteiger partial charge in [0.05, 0.1) is 17.1 Å². The van der Waals surface area contributed by atoms with Crippen LogP contribution in [-0.4, -0.2) is 30.6 Å². The van der Waals surface area contributed by atoms with Crippen molar-refractivity contribution < 1.29 is 13.5 Å². The van der Waals surface area contributed by atoms with Crippen molar-refractivity contribution in [2.45, 2.75) is 51.4 Å². The fourth-order valence-electron chi connectivity index (χ4n) is 1.89. The van der Waals surface area contributed by atoms with Gasteiger partial charge >= 0.3 is 0 Å². The molecular formula is C10H20O3S. The van der Waals surface area contributed by atoms with Gasteiger partial charge in [-0.15, -0.1) is 0 Å². The summed E-state index contributed by atoms with van der Waals surface area (Å²) < 4.78 is 23.4. The highest BCUT2D eigenvalue weighted by atomic mass is 32.2. The summed E-state index contributed by atoms with van der Waals surface area (Å²) in [5, 5.41) is 9.42. The molecule has 0 saturated carbocycles. The zero-order valence-electron chi connectivity index (χ0n) is 9.16. The maximum absolute atomic E-state index is 11.7. The minimum atomic E-state index is -3.06. The van der Waals surface area contributed by atoms with Crippen LogP contribution in [0.1, 0.15) is 40.0 Å². The number of hydrogen-bond acceptors (Lipinski definition) is 3. The van der Waals surface area contributed by atoms with E-state index in [4.69, 9.17) is 0 Å². The van der Waals surface area contributed by atoms with Gasteiger partial charge in [-0.05, 0) is 18.3 Å². The number of rotatable bonds is 1. The van der Waals surface area contributed by atoms with Crippen LogP contribution >= 0.6 is 0 Å². The molecule has 2 atom stereocenters. The number of aliphatic hydroxyl groups is 1. The Kier molecular flexibility index (Phi) is 3.26. The minimum absolute atomic E-state index is 0.241. The van der Waals surface area contributed by atoms with Crippen molar-refractivity contribution in [2.75, 3.05) is 5.75 Å². The fourth-order valence-corrected chi connectivity index (χ4v) is 4.13. The summed E-state index contributed by atoms with van der Waals surface area (Å²) in [5.41, 5.74) is -0.352. The molecule has 0 aliphatic carbocycles. The summed E-state index contributed by atoms with van der Waals surface area (Å²) >= 11 is 0. The van der Waals surface area contributed by atoms with Gasteiger partial charge in [0.2, 0.25) is 0 Å². The van der Waals surface area contributed by atoms with Crippen molar-refractivity contribution >= 4 is 9.84 Å². The predicted octanol–water partition coefficient (Wildman–Crippen LogP) is 1.36. The zero-order valence-corrected chi connectivity index (χ0v) is 9.97. The van der Waals surface area contributed by atoms with E-state index in [9.17, 15) is 13.5 Å². The summed E-state index contributed by atoms with van der Waals surface area (Å²) in [6, 6.07) is 0. The third-order valence-corrected chi connectivity index (χ3v) is 5.14. The Balaban J connectivity index is 2.86. The molecule has 2 unspecified atom stereocenters. The molecule has 0 radical (unpaired) electrons. The first-order chi connectivity index (χ1) is 6.25. The van der Waals surface area contributed by atoms with Gasteiger partial charge in [-0.3, -0.25) is 0 Å². The first-order valence-corrected chi connectivity index (χ1v) is 6.86. The Labute approximate surface area is 86.4 Å². The Morgan fingerprint density at radius 3 is 2.29 bits per heavy atom. The molecule has 3 nitrogen and oxygen atoms in total. The van der Waals surface area contributed by atoms with Gasteiger partial charge in [-0.25, -0.2) is 8.42 Å². The lowest BCUT2D eigenvalue weighted by Gasteiger charge is -2.34. The van der Waals surface area contributed by atoms with Crippen molar-refractivity contribution in [1.82, 2.24) is 0 Å². The Hall–Kier alpha value is -0.0900. The smallest absolute Gasteiger partial charge is 0.155 e. The van der Waals surface area contributed by atoms with E-state index in [-0.39, 0.29) is 11.2 Å². The van der Waals surface area contributed by atoms with Gasteiger partial charge in [-0.1, -0.05) is 27.2 Å². The maximum Gasteiger partial charge on any atom is 0.155 e. The lowest BCUT2D eigenvalue weighted by atomic mass is 9.85.